The highest BCUT2D eigenvalue weighted by Crippen LogP contribution is 2.33. The molecule has 0 bridgehead atoms. The summed E-state index contributed by atoms with van der Waals surface area (Å²) in [5.41, 5.74) is 7.03. The maximum atomic E-state index is 13.1. The molecule has 1 amide bonds. The summed E-state index contributed by atoms with van der Waals surface area (Å²) in [6, 6.07) is 21.5. The van der Waals surface area contributed by atoms with Gasteiger partial charge >= 0.3 is 0 Å². The van der Waals surface area contributed by atoms with Crippen molar-refractivity contribution in [3.05, 3.63) is 102 Å². The highest BCUT2D eigenvalue weighted by atomic mass is 16.5. The van der Waals surface area contributed by atoms with Crippen LogP contribution in [0.15, 0.2) is 79.1 Å². The van der Waals surface area contributed by atoms with Crippen molar-refractivity contribution in [2.45, 2.75) is 20.4 Å². The first kappa shape index (κ1) is 21.2. The minimum Gasteiger partial charge on any atom is -0.496 e. The minimum atomic E-state index is -0.157. The number of amides is 1. The van der Waals surface area contributed by atoms with Crippen molar-refractivity contribution >= 4 is 5.91 Å². The van der Waals surface area contributed by atoms with E-state index in [-0.39, 0.29) is 5.91 Å². The Labute approximate surface area is 188 Å². The van der Waals surface area contributed by atoms with E-state index < -0.39 is 0 Å². The van der Waals surface area contributed by atoms with Crippen molar-refractivity contribution in [3.8, 4) is 28.1 Å². The molecular weight excluding hydrogens is 398 g/mol. The Bertz CT molecular complexity index is 1230. The number of nitrogens with one attached hydrogen (secondary N) is 1. The van der Waals surface area contributed by atoms with Crippen LogP contribution in [0.25, 0.3) is 22.4 Å². The summed E-state index contributed by atoms with van der Waals surface area (Å²) in [5, 5.41) is 3.00. The second-order valence-corrected chi connectivity index (χ2v) is 7.71. The number of carbonyl (C=O) groups excluding carboxylic acids is 1. The van der Waals surface area contributed by atoms with Crippen LogP contribution in [-0.4, -0.2) is 23.0 Å². The van der Waals surface area contributed by atoms with Crippen LogP contribution in [0.1, 0.15) is 27.2 Å². The fraction of sp³-hybridized carbons (Fsp3) is 0.148. The van der Waals surface area contributed by atoms with E-state index in [0.29, 0.717) is 12.1 Å². The Balaban J connectivity index is 1.71. The zero-order valence-corrected chi connectivity index (χ0v) is 18.4. The van der Waals surface area contributed by atoms with E-state index in [1.54, 1.807) is 13.3 Å². The van der Waals surface area contributed by atoms with Crippen LogP contribution < -0.4 is 10.1 Å². The van der Waals surface area contributed by atoms with Gasteiger partial charge in [-0.15, -0.1) is 0 Å². The summed E-state index contributed by atoms with van der Waals surface area (Å²) < 4.78 is 5.55. The fourth-order valence-corrected chi connectivity index (χ4v) is 3.47. The molecule has 0 radical (unpaired) electrons. The molecule has 32 heavy (non-hydrogen) atoms. The van der Waals surface area contributed by atoms with Gasteiger partial charge in [-0.1, -0.05) is 30.3 Å². The Morgan fingerprint density at radius 3 is 2.44 bits per heavy atom. The molecule has 0 aliphatic heterocycles. The summed E-state index contributed by atoms with van der Waals surface area (Å²) in [6.45, 7) is 4.34. The zero-order chi connectivity index (χ0) is 22.5. The van der Waals surface area contributed by atoms with E-state index >= 15 is 0 Å². The van der Waals surface area contributed by atoms with Crippen molar-refractivity contribution < 1.29 is 9.53 Å². The Kier molecular flexibility index (Phi) is 6.26. The van der Waals surface area contributed by atoms with Crippen LogP contribution in [0.4, 0.5) is 0 Å². The van der Waals surface area contributed by atoms with Gasteiger partial charge in [-0.05, 0) is 66.9 Å². The summed E-state index contributed by atoms with van der Waals surface area (Å²) in [4.78, 5) is 21.9. The number of nitrogens with zero attached hydrogens (tertiary/aromatic N) is 2. The molecule has 2 aromatic carbocycles. The van der Waals surface area contributed by atoms with Crippen LogP contribution in [-0.2, 0) is 6.54 Å². The molecule has 4 rings (SSSR count). The number of benzene rings is 2. The Morgan fingerprint density at radius 1 is 0.906 bits per heavy atom. The number of para-hydroxylation sites is 1. The molecule has 0 aliphatic carbocycles. The summed E-state index contributed by atoms with van der Waals surface area (Å²) in [7, 11) is 1.65. The standard InChI is InChI=1S/C27H25N3O2/c1-18-8-11-25(29-15-18)22-12-21(24-6-4-5-7-26(24)32-3)13-23(14-22)27(31)30-17-20-10-9-19(2)28-16-20/h4-16H,17H2,1-3H3,(H,30,31). The van der Waals surface area contributed by atoms with Gasteiger partial charge in [0.1, 0.15) is 5.75 Å². The van der Waals surface area contributed by atoms with Crippen LogP contribution in [0.5, 0.6) is 5.75 Å². The summed E-state index contributed by atoms with van der Waals surface area (Å²) >= 11 is 0. The molecule has 160 valence electrons. The zero-order valence-electron chi connectivity index (χ0n) is 18.4. The maximum absolute atomic E-state index is 13.1. The molecule has 5 heteroatoms. The smallest absolute Gasteiger partial charge is 0.251 e. The second kappa shape index (κ2) is 9.43. The third kappa shape index (κ3) is 4.83. The van der Waals surface area contributed by atoms with Crippen molar-refractivity contribution in [1.82, 2.24) is 15.3 Å². The fourth-order valence-electron chi connectivity index (χ4n) is 3.47. The number of carbonyl (C=O) groups is 1. The van der Waals surface area contributed by atoms with E-state index in [1.165, 1.54) is 0 Å². The van der Waals surface area contributed by atoms with Gasteiger partial charge in [-0.25, -0.2) is 0 Å². The number of ether oxygens (including phenoxy) is 1. The van der Waals surface area contributed by atoms with Gasteiger partial charge in [0.2, 0.25) is 0 Å². The number of methoxy groups -OCH3 is 1. The van der Waals surface area contributed by atoms with E-state index in [9.17, 15) is 4.79 Å². The third-order valence-corrected chi connectivity index (χ3v) is 5.25. The average Bonchev–Trinajstić information content (AvgIpc) is 2.83. The van der Waals surface area contributed by atoms with Crippen LogP contribution in [0.3, 0.4) is 0 Å². The maximum Gasteiger partial charge on any atom is 0.251 e. The number of pyridine rings is 2. The van der Waals surface area contributed by atoms with Crippen molar-refractivity contribution in [1.29, 1.82) is 0 Å². The monoisotopic (exact) mass is 423 g/mol. The third-order valence-electron chi connectivity index (χ3n) is 5.25. The molecule has 1 N–H and O–H groups in total. The molecule has 0 fully saturated rings. The van der Waals surface area contributed by atoms with Crippen molar-refractivity contribution in [3.63, 3.8) is 0 Å². The summed E-state index contributed by atoms with van der Waals surface area (Å²) in [5.74, 6) is 0.592. The Hall–Kier alpha value is -3.99. The first-order valence-corrected chi connectivity index (χ1v) is 10.4. The van der Waals surface area contributed by atoms with Crippen LogP contribution in [0, 0.1) is 13.8 Å². The average molecular weight is 424 g/mol. The minimum absolute atomic E-state index is 0.157. The predicted octanol–water partition coefficient (Wildman–Crippen LogP) is 5.37. The van der Waals surface area contributed by atoms with Crippen molar-refractivity contribution in [2.24, 2.45) is 0 Å². The highest BCUT2D eigenvalue weighted by Gasteiger charge is 2.14. The molecule has 4 aromatic rings. The lowest BCUT2D eigenvalue weighted by molar-refractivity contribution is 0.0951. The molecular formula is C27H25N3O2. The van der Waals surface area contributed by atoms with Crippen LogP contribution in [0.2, 0.25) is 0 Å². The van der Waals surface area contributed by atoms with E-state index in [2.05, 4.69) is 15.3 Å². The number of aryl methyl sites for hydroxylation is 2. The normalized spacial score (nSPS) is 10.6. The SMILES string of the molecule is COc1ccccc1-c1cc(C(=O)NCc2ccc(C)nc2)cc(-c2ccc(C)cn2)c1. The van der Waals surface area contributed by atoms with Gasteiger partial charge in [-0.3, -0.25) is 14.8 Å². The van der Waals surface area contributed by atoms with E-state index in [4.69, 9.17) is 4.74 Å². The first-order valence-electron chi connectivity index (χ1n) is 10.4. The van der Waals surface area contributed by atoms with E-state index in [0.717, 1.165) is 45.0 Å². The van der Waals surface area contributed by atoms with Gasteiger partial charge in [-0.2, -0.15) is 0 Å². The lowest BCUT2D eigenvalue weighted by atomic mass is 9.97. The molecule has 5 nitrogen and oxygen atoms in total. The molecule has 0 unspecified atom stereocenters. The predicted molar refractivity (Wildman–Crippen MR) is 127 cm³/mol. The van der Waals surface area contributed by atoms with Crippen LogP contribution >= 0.6 is 0 Å². The largest absolute Gasteiger partial charge is 0.496 e. The quantitative estimate of drug-likeness (QED) is 0.453. The van der Waals surface area contributed by atoms with Crippen molar-refractivity contribution in [2.75, 3.05) is 7.11 Å². The lowest BCUT2D eigenvalue weighted by Gasteiger charge is -2.13. The molecule has 0 saturated heterocycles. The molecule has 0 atom stereocenters. The number of aromatic nitrogens is 2. The molecule has 2 aromatic heterocycles. The lowest BCUT2D eigenvalue weighted by Crippen LogP contribution is -2.23. The Morgan fingerprint density at radius 2 is 1.72 bits per heavy atom. The molecule has 2 heterocycles. The second-order valence-electron chi connectivity index (χ2n) is 7.71. The first-order chi connectivity index (χ1) is 15.5. The molecule has 0 spiro atoms. The number of hydrogen-bond donors (Lipinski definition) is 1. The summed E-state index contributed by atoms with van der Waals surface area (Å²) in [6.07, 6.45) is 3.61. The molecule has 0 aliphatic rings. The van der Waals surface area contributed by atoms with Gasteiger partial charge in [0.05, 0.1) is 12.8 Å². The van der Waals surface area contributed by atoms with Gasteiger partial charge in [0, 0.05) is 41.3 Å². The van der Waals surface area contributed by atoms with Gasteiger partial charge < -0.3 is 10.1 Å². The van der Waals surface area contributed by atoms with E-state index in [1.807, 2.05) is 86.8 Å². The highest BCUT2D eigenvalue weighted by molar-refractivity contribution is 5.97. The number of hydrogen-bond acceptors (Lipinski definition) is 4. The van der Waals surface area contributed by atoms with Gasteiger partial charge in [0.25, 0.3) is 5.91 Å². The number of rotatable bonds is 6. The van der Waals surface area contributed by atoms with Gasteiger partial charge in [0.15, 0.2) is 0 Å². The topological polar surface area (TPSA) is 64.1 Å². The molecule has 0 saturated carbocycles.